The summed E-state index contributed by atoms with van der Waals surface area (Å²) in [4.78, 5) is 11.7. The lowest BCUT2D eigenvalue weighted by Gasteiger charge is -2.12. The Bertz CT molecular complexity index is 488. The molecule has 5 heteroatoms. The van der Waals surface area contributed by atoms with E-state index in [1.165, 1.54) is 6.26 Å². The average molecular weight is 234 g/mol. The molecule has 0 aliphatic rings. The number of ether oxygens (including phenoxy) is 1. The van der Waals surface area contributed by atoms with Crippen LogP contribution >= 0.6 is 0 Å². The molecule has 90 valence electrons. The van der Waals surface area contributed by atoms with Crippen LogP contribution in [0.2, 0.25) is 0 Å². The lowest BCUT2D eigenvalue weighted by molar-refractivity contribution is 0.0262. The van der Waals surface area contributed by atoms with Crippen LogP contribution < -0.4 is 0 Å². The second-order valence-electron chi connectivity index (χ2n) is 3.88. The van der Waals surface area contributed by atoms with Gasteiger partial charge < -0.3 is 9.15 Å². The van der Waals surface area contributed by atoms with Crippen molar-refractivity contribution in [2.45, 2.75) is 26.5 Å². The number of rotatable bonds is 4. The number of furan rings is 1. The molecule has 0 saturated carbocycles. The number of nitrogens with zero attached hydrogens (tertiary/aromatic N) is 2. The highest BCUT2D eigenvalue weighted by Gasteiger charge is 2.17. The van der Waals surface area contributed by atoms with Gasteiger partial charge in [0.2, 0.25) is 5.76 Å². The van der Waals surface area contributed by atoms with E-state index in [1.807, 2.05) is 19.2 Å². The number of esters is 1. The van der Waals surface area contributed by atoms with Gasteiger partial charge in [0.1, 0.15) is 6.10 Å². The molecule has 2 aromatic heterocycles. The molecule has 0 saturated heterocycles. The van der Waals surface area contributed by atoms with Gasteiger partial charge in [-0.3, -0.25) is 4.68 Å². The minimum atomic E-state index is -0.438. The molecule has 0 unspecified atom stereocenters. The fourth-order valence-electron chi connectivity index (χ4n) is 1.53. The van der Waals surface area contributed by atoms with E-state index in [9.17, 15) is 4.79 Å². The van der Waals surface area contributed by atoms with Gasteiger partial charge in [-0.05, 0) is 26.0 Å². The minimum absolute atomic E-state index is 0.258. The monoisotopic (exact) mass is 234 g/mol. The molecule has 0 aliphatic heterocycles. The van der Waals surface area contributed by atoms with Crippen LogP contribution in [0.15, 0.2) is 35.2 Å². The first-order chi connectivity index (χ1) is 8.16. The van der Waals surface area contributed by atoms with E-state index in [-0.39, 0.29) is 11.9 Å². The summed E-state index contributed by atoms with van der Waals surface area (Å²) in [7, 11) is 0. The molecule has 0 bridgehead atoms. The van der Waals surface area contributed by atoms with Crippen LogP contribution in [0.3, 0.4) is 0 Å². The Morgan fingerprint density at radius 3 is 3.06 bits per heavy atom. The lowest BCUT2D eigenvalue weighted by Crippen LogP contribution is -2.21. The zero-order chi connectivity index (χ0) is 12.3. The summed E-state index contributed by atoms with van der Waals surface area (Å²) in [6.45, 7) is 4.15. The molecule has 2 heterocycles. The normalized spacial score (nSPS) is 12.4. The highest BCUT2D eigenvalue weighted by molar-refractivity contribution is 5.87. The van der Waals surface area contributed by atoms with Crippen LogP contribution in [0.5, 0.6) is 0 Å². The topological polar surface area (TPSA) is 57.3 Å². The van der Waals surface area contributed by atoms with Gasteiger partial charge >= 0.3 is 5.97 Å². The van der Waals surface area contributed by atoms with E-state index in [4.69, 9.17) is 9.15 Å². The molecule has 2 rings (SSSR count). The zero-order valence-corrected chi connectivity index (χ0v) is 9.79. The van der Waals surface area contributed by atoms with Gasteiger partial charge in [-0.25, -0.2) is 4.79 Å². The number of aromatic nitrogens is 2. The maximum absolute atomic E-state index is 11.7. The molecule has 1 atom stereocenters. The molecule has 0 radical (unpaired) electrons. The summed E-state index contributed by atoms with van der Waals surface area (Å²) < 4.78 is 12.0. The number of hydrogen-bond acceptors (Lipinski definition) is 4. The van der Waals surface area contributed by atoms with Crippen LogP contribution in [0, 0.1) is 6.92 Å². The van der Waals surface area contributed by atoms with Crippen LogP contribution in [-0.2, 0) is 11.3 Å². The van der Waals surface area contributed by atoms with Crippen molar-refractivity contribution in [1.82, 2.24) is 9.78 Å². The van der Waals surface area contributed by atoms with E-state index in [0.717, 1.165) is 5.56 Å². The summed E-state index contributed by atoms with van der Waals surface area (Å²) in [5.74, 6) is -0.176. The molecule has 17 heavy (non-hydrogen) atoms. The Morgan fingerprint density at radius 1 is 1.65 bits per heavy atom. The molecule has 0 spiro atoms. The summed E-state index contributed by atoms with van der Waals surface area (Å²) in [5, 5.41) is 4.05. The van der Waals surface area contributed by atoms with Crippen LogP contribution in [0.25, 0.3) is 0 Å². The second kappa shape index (κ2) is 4.86. The fraction of sp³-hybridized carbons (Fsp3) is 0.333. The van der Waals surface area contributed by atoms with Gasteiger partial charge in [0, 0.05) is 18.0 Å². The van der Waals surface area contributed by atoms with E-state index < -0.39 is 5.97 Å². The Hall–Kier alpha value is -2.04. The van der Waals surface area contributed by atoms with Gasteiger partial charge in [0.25, 0.3) is 0 Å². The standard InChI is InChI=1S/C12H14N2O3/c1-9-4-7-16-11(9)12(15)17-10(2)8-14-6-3-5-13-14/h3-7,10H,8H2,1-2H3/t10-/m1/s1. The molecule has 0 fully saturated rings. The van der Waals surface area contributed by atoms with Gasteiger partial charge in [-0.2, -0.15) is 5.10 Å². The Balaban J connectivity index is 1.93. The molecular weight excluding hydrogens is 220 g/mol. The lowest BCUT2D eigenvalue weighted by atomic mass is 10.3. The predicted octanol–water partition coefficient (Wildman–Crippen LogP) is 2.03. The summed E-state index contributed by atoms with van der Waals surface area (Å²) >= 11 is 0. The van der Waals surface area contributed by atoms with E-state index in [0.29, 0.717) is 6.54 Å². The number of carbonyl (C=O) groups excluding carboxylic acids is 1. The molecule has 0 amide bonds. The number of hydrogen-bond donors (Lipinski definition) is 0. The van der Waals surface area contributed by atoms with Crippen LogP contribution in [-0.4, -0.2) is 21.9 Å². The van der Waals surface area contributed by atoms with Crippen molar-refractivity contribution < 1.29 is 13.9 Å². The smallest absolute Gasteiger partial charge is 0.374 e. The predicted molar refractivity (Wildman–Crippen MR) is 60.5 cm³/mol. The molecule has 5 nitrogen and oxygen atoms in total. The van der Waals surface area contributed by atoms with Gasteiger partial charge in [-0.1, -0.05) is 0 Å². The molecular formula is C12H14N2O3. The quantitative estimate of drug-likeness (QED) is 0.759. The number of aryl methyl sites for hydroxylation is 1. The van der Waals surface area contributed by atoms with Crippen molar-refractivity contribution in [2.75, 3.05) is 0 Å². The van der Waals surface area contributed by atoms with Crippen LogP contribution in [0.1, 0.15) is 23.0 Å². The molecule has 0 N–H and O–H groups in total. The van der Waals surface area contributed by atoms with Gasteiger partial charge in [0.05, 0.1) is 12.8 Å². The molecule has 0 aliphatic carbocycles. The maximum Gasteiger partial charge on any atom is 0.374 e. The van der Waals surface area contributed by atoms with E-state index in [1.54, 1.807) is 23.9 Å². The first-order valence-corrected chi connectivity index (χ1v) is 5.39. The minimum Gasteiger partial charge on any atom is -0.457 e. The third-order valence-electron chi connectivity index (χ3n) is 2.36. The molecule has 2 aromatic rings. The third-order valence-corrected chi connectivity index (χ3v) is 2.36. The van der Waals surface area contributed by atoms with Gasteiger partial charge in [-0.15, -0.1) is 0 Å². The Kier molecular flexibility index (Phi) is 3.27. The van der Waals surface area contributed by atoms with Crippen molar-refractivity contribution in [3.8, 4) is 0 Å². The highest BCUT2D eigenvalue weighted by Crippen LogP contribution is 2.11. The highest BCUT2D eigenvalue weighted by atomic mass is 16.6. The average Bonchev–Trinajstić information content (AvgIpc) is 2.88. The van der Waals surface area contributed by atoms with Crippen molar-refractivity contribution in [2.24, 2.45) is 0 Å². The summed E-state index contributed by atoms with van der Waals surface area (Å²) in [6, 6.07) is 3.56. The number of carbonyl (C=O) groups is 1. The first-order valence-electron chi connectivity index (χ1n) is 5.39. The third kappa shape index (κ3) is 2.75. The van der Waals surface area contributed by atoms with Crippen molar-refractivity contribution in [3.05, 3.63) is 42.1 Å². The molecule has 0 aromatic carbocycles. The van der Waals surface area contributed by atoms with Crippen molar-refractivity contribution in [3.63, 3.8) is 0 Å². The van der Waals surface area contributed by atoms with Gasteiger partial charge in [0.15, 0.2) is 0 Å². The maximum atomic E-state index is 11.7. The largest absolute Gasteiger partial charge is 0.457 e. The first kappa shape index (κ1) is 11.4. The van der Waals surface area contributed by atoms with E-state index >= 15 is 0 Å². The Labute approximate surface area is 99.0 Å². The Morgan fingerprint density at radius 2 is 2.47 bits per heavy atom. The van der Waals surface area contributed by atoms with Crippen LogP contribution in [0.4, 0.5) is 0 Å². The summed E-state index contributed by atoms with van der Waals surface area (Å²) in [5.41, 5.74) is 0.779. The SMILES string of the molecule is Cc1ccoc1C(=O)O[C@H](C)Cn1cccn1. The zero-order valence-electron chi connectivity index (χ0n) is 9.79. The second-order valence-corrected chi connectivity index (χ2v) is 3.88. The van der Waals surface area contributed by atoms with Crippen molar-refractivity contribution >= 4 is 5.97 Å². The van der Waals surface area contributed by atoms with Crippen molar-refractivity contribution in [1.29, 1.82) is 0 Å². The van der Waals surface area contributed by atoms with E-state index in [2.05, 4.69) is 5.10 Å². The summed E-state index contributed by atoms with van der Waals surface area (Å²) in [6.07, 6.45) is 4.73. The fourth-order valence-corrected chi connectivity index (χ4v) is 1.53.